The number of carbonyl (C=O) groups is 1. The first-order chi connectivity index (χ1) is 15.6. The molecule has 0 radical (unpaired) electrons. The molecule has 2 N–H and O–H groups in total. The zero-order chi connectivity index (χ0) is 25.7. The minimum atomic E-state index is -1.75. The van der Waals surface area contributed by atoms with Crippen LogP contribution in [-0.4, -0.2) is 14.8 Å². The number of hydrogen-bond acceptors (Lipinski definition) is 2. The van der Waals surface area contributed by atoms with Crippen LogP contribution in [0.25, 0.3) is 0 Å². The number of hydrogen-bond donors (Lipinski definition) is 2. The summed E-state index contributed by atoms with van der Waals surface area (Å²) < 4.78 is 15.8. The normalized spacial score (nSPS) is 11.5. The van der Waals surface area contributed by atoms with Crippen LogP contribution in [0.15, 0.2) is 12.2 Å². The van der Waals surface area contributed by atoms with Gasteiger partial charge in [0.15, 0.2) is 0 Å². The Hall–Kier alpha value is -0.316. The van der Waals surface area contributed by atoms with Crippen LogP contribution in [0.4, 0.5) is 0 Å². The van der Waals surface area contributed by atoms with E-state index in [9.17, 15) is 9.90 Å². The molecule has 0 saturated carbocycles. The second-order valence-corrected chi connectivity index (χ2v) is 11.0. The van der Waals surface area contributed by atoms with Gasteiger partial charge in [-0.05, 0) is 24.2 Å². The first-order valence-corrected chi connectivity index (χ1v) is 14.8. The Morgan fingerprint density at radius 3 is 1.30 bits per heavy atom. The summed E-state index contributed by atoms with van der Waals surface area (Å²) in [6.45, 7) is 17.2. The SMILES string of the molecule is C=C(C(=O)O)C(CCCCCCCCCCCCCCCC(C)C)(C(C)C)C(C)C.[O]=[Ti][OH]. The Balaban J connectivity index is 0. The zero-order valence-electron chi connectivity index (χ0n) is 22.8. The van der Waals surface area contributed by atoms with E-state index in [-0.39, 0.29) is 5.41 Å². The molecular formula is C28H55O4Ti. The third kappa shape index (κ3) is 16.9. The van der Waals surface area contributed by atoms with Gasteiger partial charge in [-0.15, -0.1) is 0 Å². The molecule has 4 nitrogen and oxygen atoms in total. The Bertz CT molecular complexity index is 492. The van der Waals surface area contributed by atoms with Gasteiger partial charge in [0.1, 0.15) is 0 Å². The van der Waals surface area contributed by atoms with E-state index < -0.39 is 25.5 Å². The molecule has 0 rings (SSSR count). The summed E-state index contributed by atoms with van der Waals surface area (Å²) in [5, 5.41) is 9.55. The molecule has 0 atom stereocenters. The van der Waals surface area contributed by atoms with E-state index in [4.69, 9.17) is 7.01 Å². The zero-order valence-corrected chi connectivity index (χ0v) is 24.3. The standard InChI is InChI=1S/C28H54O2.H2O.O.Ti/c1-23(2)21-19-17-15-13-11-9-8-10-12-14-16-18-20-22-28(24(3)4,25(5)6)26(7)27(29)30;;;/h23-25H,7-22H2,1-6H3,(H,29,30);1H2;;/q;;;+1/p-1. The second-order valence-electron chi connectivity index (χ2n) is 10.8. The topological polar surface area (TPSA) is 74.6 Å². The van der Waals surface area contributed by atoms with E-state index in [0.717, 1.165) is 18.8 Å². The summed E-state index contributed by atoms with van der Waals surface area (Å²) in [5.74, 6) is 0.641. The van der Waals surface area contributed by atoms with Gasteiger partial charge in [-0.25, -0.2) is 4.79 Å². The van der Waals surface area contributed by atoms with E-state index in [0.29, 0.717) is 17.4 Å². The molecule has 195 valence electrons. The molecule has 0 unspecified atom stereocenters. The van der Waals surface area contributed by atoms with Gasteiger partial charge in [-0.2, -0.15) is 0 Å². The quantitative estimate of drug-likeness (QED) is 0.0989. The average Bonchev–Trinajstić information content (AvgIpc) is 2.73. The molecule has 0 fully saturated rings. The summed E-state index contributed by atoms with van der Waals surface area (Å²) >= 11 is -1.75. The summed E-state index contributed by atoms with van der Waals surface area (Å²) in [7, 11) is 0. The molecule has 33 heavy (non-hydrogen) atoms. The molecule has 0 heterocycles. The fourth-order valence-corrected chi connectivity index (χ4v) is 5.21. The van der Waals surface area contributed by atoms with Crippen molar-refractivity contribution in [3.63, 3.8) is 0 Å². The molecule has 0 aliphatic rings. The molecular weight excluding hydrogens is 448 g/mol. The van der Waals surface area contributed by atoms with Gasteiger partial charge in [0.25, 0.3) is 0 Å². The molecule has 0 aromatic carbocycles. The monoisotopic (exact) mass is 503 g/mol. The van der Waals surface area contributed by atoms with Gasteiger partial charge in [0, 0.05) is 11.0 Å². The van der Waals surface area contributed by atoms with E-state index in [1.807, 2.05) is 0 Å². The molecule has 0 amide bonds. The molecule has 0 bridgehead atoms. The van der Waals surface area contributed by atoms with Gasteiger partial charge in [-0.1, -0.05) is 138 Å². The summed E-state index contributed by atoms with van der Waals surface area (Å²) in [6.07, 6.45) is 19.9. The van der Waals surface area contributed by atoms with Gasteiger partial charge in [0.05, 0.1) is 0 Å². The van der Waals surface area contributed by atoms with Crippen molar-refractivity contribution in [1.82, 2.24) is 0 Å². The van der Waals surface area contributed by atoms with Crippen molar-refractivity contribution in [3.8, 4) is 0 Å². The van der Waals surface area contributed by atoms with Crippen molar-refractivity contribution in [2.24, 2.45) is 23.2 Å². The molecule has 0 spiro atoms. The molecule has 0 aliphatic heterocycles. The summed E-state index contributed by atoms with van der Waals surface area (Å²) in [5.41, 5.74) is 0.132. The van der Waals surface area contributed by atoms with E-state index >= 15 is 0 Å². The Morgan fingerprint density at radius 1 is 0.727 bits per heavy atom. The number of carboxylic acid groups (broad SMARTS) is 1. The maximum atomic E-state index is 11.6. The number of aliphatic carboxylic acids is 1. The van der Waals surface area contributed by atoms with E-state index in [1.54, 1.807) is 0 Å². The van der Waals surface area contributed by atoms with Crippen molar-refractivity contribution in [1.29, 1.82) is 0 Å². The van der Waals surface area contributed by atoms with Crippen LogP contribution in [0.5, 0.6) is 0 Å². The maximum absolute atomic E-state index is 11.6. The first kappa shape index (κ1) is 34.8. The van der Waals surface area contributed by atoms with Gasteiger partial charge in [0.2, 0.25) is 0 Å². The van der Waals surface area contributed by atoms with Gasteiger partial charge < -0.3 is 5.11 Å². The second kappa shape index (κ2) is 22.2. The van der Waals surface area contributed by atoms with Crippen LogP contribution in [-0.2, 0) is 27.6 Å². The van der Waals surface area contributed by atoms with Crippen molar-refractivity contribution in [2.75, 3.05) is 0 Å². The van der Waals surface area contributed by atoms with Crippen molar-refractivity contribution < 1.29 is 36.4 Å². The van der Waals surface area contributed by atoms with Crippen LogP contribution in [0.2, 0.25) is 0 Å². The van der Waals surface area contributed by atoms with Gasteiger partial charge in [-0.3, -0.25) is 0 Å². The predicted molar refractivity (Wildman–Crippen MR) is 136 cm³/mol. The van der Waals surface area contributed by atoms with Crippen molar-refractivity contribution in [3.05, 3.63) is 12.2 Å². The fraction of sp³-hybridized carbons (Fsp3) is 0.893. The van der Waals surface area contributed by atoms with Crippen molar-refractivity contribution in [2.45, 2.75) is 138 Å². The number of carboxylic acids is 1. The van der Waals surface area contributed by atoms with E-state index in [1.165, 1.54) is 83.5 Å². The molecule has 0 aromatic heterocycles. The fourth-order valence-electron chi connectivity index (χ4n) is 5.21. The molecule has 0 aromatic rings. The summed E-state index contributed by atoms with van der Waals surface area (Å²) in [6, 6.07) is 0. The number of unbranched alkanes of at least 4 members (excludes halogenated alkanes) is 12. The van der Waals surface area contributed by atoms with Crippen LogP contribution in [0, 0.1) is 23.2 Å². The molecule has 5 heteroatoms. The minimum absolute atomic E-state index is 0.277. The third-order valence-corrected chi connectivity index (χ3v) is 7.25. The molecule has 0 saturated heterocycles. The van der Waals surface area contributed by atoms with Crippen molar-refractivity contribution >= 4 is 5.97 Å². The van der Waals surface area contributed by atoms with Crippen LogP contribution >= 0.6 is 0 Å². The van der Waals surface area contributed by atoms with Crippen LogP contribution < -0.4 is 0 Å². The first-order valence-electron chi connectivity index (χ1n) is 13.5. The predicted octanol–water partition coefficient (Wildman–Crippen LogP) is 8.75. The van der Waals surface area contributed by atoms with Crippen LogP contribution in [0.3, 0.4) is 0 Å². The number of rotatable bonds is 20. The van der Waals surface area contributed by atoms with Gasteiger partial charge >= 0.3 is 32.5 Å². The summed E-state index contributed by atoms with van der Waals surface area (Å²) in [4.78, 5) is 11.6. The van der Waals surface area contributed by atoms with Crippen LogP contribution in [0.1, 0.15) is 138 Å². The average molecular weight is 504 g/mol. The van der Waals surface area contributed by atoms with E-state index in [2.05, 4.69) is 48.1 Å². The Labute approximate surface area is 215 Å². The Morgan fingerprint density at radius 2 is 1.03 bits per heavy atom. The third-order valence-electron chi connectivity index (χ3n) is 7.25. The Kier molecular flexibility index (Phi) is 23.4. The molecule has 0 aliphatic carbocycles.